The monoisotopic (exact) mass is 369 g/mol. The summed E-state index contributed by atoms with van der Waals surface area (Å²) in [6.07, 6.45) is 0.183. The smallest absolute Gasteiger partial charge is 0.338 e. The molecule has 0 aromatic heterocycles. The minimum Gasteiger partial charge on any atom is -0.452 e. The van der Waals surface area contributed by atoms with E-state index in [1.165, 1.54) is 50.4 Å². The van der Waals surface area contributed by atoms with Crippen molar-refractivity contribution in [1.29, 1.82) is 5.26 Å². The third-order valence-corrected chi connectivity index (χ3v) is 4.99. The van der Waals surface area contributed by atoms with Crippen LogP contribution in [0.5, 0.6) is 0 Å². The van der Waals surface area contributed by atoms with Crippen LogP contribution in [0.1, 0.15) is 16.8 Å². The van der Waals surface area contributed by atoms with Crippen molar-refractivity contribution in [1.82, 2.24) is 9.37 Å². The van der Waals surface area contributed by atoms with Gasteiger partial charge < -0.3 is 9.64 Å². The van der Waals surface area contributed by atoms with Crippen LogP contribution in [-0.4, -0.2) is 64.0 Å². The van der Waals surface area contributed by atoms with Gasteiger partial charge in [-0.2, -0.15) is 5.26 Å². The molecule has 0 spiro atoms. The van der Waals surface area contributed by atoms with Crippen molar-refractivity contribution in [3.8, 4) is 6.07 Å². The zero-order valence-corrected chi connectivity index (χ0v) is 14.9. The fourth-order valence-electron chi connectivity index (χ4n) is 1.67. The Morgan fingerprint density at radius 3 is 2.32 bits per heavy atom. The van der Waals surface area contributed by atoms with E-state index in [4.69, 9.17) is 10.00 Å². The van der Waals surface area contributed by atoms with E-state index in [1.54, 1.807) is 0 Å². The van der Waals surface area contributed by atoms with Gasteiger partial charge in [0.15, 0.2) is 6.61 Å². The minimum atomic E-state index is -3.81. The number of nitriles is 1. The van der Waals surface area contributed by atoms with Gasteiger partial charge in [-0.3, -0.25) is 9.63 Å². The summed E-state index contributed by atoms with van der Waals surface area (Å²) in [5.74, 6) is -1.20. The van der Waals surface area contributed by atoms with Crippen LogP contribution in [0, 0.1) is 11.3 Å². The molecule has 0 atom stereocenters. The molecule has 9 nitrogen and oxygen atoms in total. The van der Waals surface area contributed by atoms with Gasteiger partial charge in [0, 0.05) is 20.6 Å². The lowest BCUT2D eigenvalue weighted by atomic mass is 10.2. The molecule has 10 heteroatoms. The van der Waals surface area contributed by atoms with Gasteiger partial charge in [-0.1, -0.05) is 4.47 Å². The standard InChI is InChI=1S/C15H19N3O6S/c1-17(10-4-9-16)14(19)11-24-15(20)12-5-7-13(8-6-12)25(21,22)18(2)23-3/h5-8H,4,10-11H2,1-3H3. The first-order chi connectivity index (χ1) is 11.7. The SMILES string of the molecule is CON(C)S(=O)(=O)c1ccc(C(=O)OCC(=O)N(C)CCC#N)cc1. The maximum absolute atomic E-state index is 12.0. The van der Waals surface area contributed by atoms with E-state index in [9.17, 15) is 18.0 Å². The fraction of sp³-hybridized carbons (Fsp3) is 0.400. The summed E-state index contributed by atoms with van der Waals surface area (Å²) in [4.78, 5) is 29.5. The topological polar surface area (TPSA) is 117 Å². The number of rotatable bonds is 8. The van der Waals surface area contributed by atoms with E-state index in [2.05, 4.69) is 4.84 Å². The Morgan fingerprint density at radius 1 is 1.20 bits per heavy atom. The molecule has 1 aromatic rings. The molecule has 0 saturated carbocycles. The minimum absolute atomic E-state index is 0.0549. The predicted octanol–water partition coefficient (Wildman–Crippen LogP) is 0.397. The van der Waals surface area contributed by atoms with Crippen LogP contribution in [0.25, 0.3) is 0 Å². The van der Waals surface area contributed by atoms with Gasteiger partial charge in [-0.05, 0) is 24.3 Å². The highest BCUT2D eigenvalue weighted by Gasteiger charge is 2.21. The molecule has 0 heterocycles. The average Bonchev–Trinajstić information content (AvgIpc) is 2.62. The summed E-state index contributed by atoms with van der Waals surface area (Å²) in [5.41, 5.74) is 0.103. The number of hydrogen-bond acceptors (Lipinski definition) is 7. The first-order valence-electron chi connectivity index (χ1n) is 7.15. The van der Waals surface area contributed by atoms with E-state index in [1.807, 2.05) is 6.07 Å². The van der Waals surface area contributed by atoms with E-state index in [-0.39, 0.29) is 23.4 Å². The molecule has 0 fully saturated rings. The first-order valence-corrected chi connectivity index (χ1v) is 8.59. The van der Waals surface area contributed by atoms with Crippen LogP contribution in [0.15, 0.2) is 29.2 Å². The molecule has 1 rings (SSSR count). The van der Waals surface area contributed by atoms with Crippen LogP contribution in [0.2, 0.25) is 0 Å². The number of benzene rings is 1. The number of likely N-dealkylation sites (N-methyl/N-ethyl adjacent to an activating group) is 1. The molecule has 25 heavy (non-hydrogen) atoms. The van der Waals surface area contributed by atoms with Crippen molar-refractivity contribution in [3.05, 3.63) is 29.8 Å². The van der Waals surface area contributed by atoms with E-state index in [0.29, 0.717) is 4.47 Å². The Bertz CT molecular complexity index is 754. The van der Waals surface area contributed by atoms with Crippen molar-refractivity contribution in [2.24, 2.45) is 0 Å². The van der Waals surface area contributed by atoms with E-state index >= 15 is 0 Å². The van der Waals surface area contributed by atoms with Crippen molar-refractivity contribution >= 4 is 21.9 Å². The summed E-state index contributed by atoms with van der Waals surface area (Å²) < 4.78 is 29.6. The van der Waals surface area contributed by atoms with Gasteiger partial charge in [0.2, 0.25) is 0 Å². The molecule has 0 aliphatic rings. The first kappa shape index (κ1) is 20.6. The summed E-state index contributed by atoms with van der Waals surface area (Å²) in [5, 5.41) is 8.47. The van der Waals surface area contributed by atoms with Crippen molar-refractivity contribution < 1.29 is 27.6 Å². The molecule has 0 N–H and O–H groups in total. The van der Waals surface area contributed by atoms with Crippen LogP contribution < -0.4 is 0 Å². The molecule has 0 aliphatic heterocycles. The number of sulfonamides is 1. The number of nitrogens with zero attached hydrogens (tertiary/aromatic N) is 3. The number of carbonyl (C=O) groups is 2. The highest BCUT2D eigenvalue weighted by molar-refractivity contribution is 7.89. The summed E-state index contributed by atoms with van der Waals surface area (Å²) >= 11 is 0. The van der Waals surface area contributed by atoms with Crippen LogP contribution in [-0.2, 0) is 24.4 Å². The third-order valence-electron chi connectivity index (χ3n) is 3.29. The highest BCUT2D eigenvalue weighted by Crippen LogP contribution is 2.15. The largest absolute Gasteiger partial charge is 0.452 e. The van der Waals surface area contributed by atoms with Crippen molar-refractivity contribution in [2.75, 3.05) is 34.4 Å². The quantitative estimate of drug-likeness (QED) is 0.481. The van der Waals surface area contributed by atoms with Crippen molar-refractivity contribution in [3.63, 3.8) is 0 Å². The summed E-state index contributed by atoms with van der Waals surface area (Å²) in [6.45, 7) is -0.223. The molecule has 1 amide bonds. The molecule has 136 valence electrons. The highest BCUT2D eigenvalue weighted by atomic mass is 32.2. The normalized spacial score (nSPS) is 11.0. The Kier molecular flexibility index (Phi) is 7.50. The lowest BCUT2D eigenvalue weighted by molar-refractivity contribution is -0.133. The maximum Gasteiger partial charge on any atom is 0.338 e. The van der Waals surface area contributed by atoms with E-state index in [0.717, 1.165) is 0 Å². The second-order valence-electron chi connectivity index (χ2n) is 4.92. The molecule has 1 aromatic carbocycles. The Hall–Kier alpha value is -2.48. The zero-order valence-electron chi connectivity index (χ0n) is 14.1. The zero-order chi connectivity index (χ0) is 19.0. The third kappa shape index (κ3) is 5.53. The Labute approximate surface area is 146 Å². The fourth-order valence-corrected chi connectivity index (χ4v) is 2.65. The molecule has 0 radical (unpaired) electrons. The lowest BCUT2D eigenvalue weighted by Crippen LogP contribution is -2.31. The van der Waals surface area contributed by atoms with E-state index < -0.39 is 28.5 Å². The molecule has 0 aliphatic carbocycles. The summed E-state index contributed by atoms with van der Waals surface area (Å²) in [6, 6.07) is 6.95. The van der Waals surface area contributed by atoms with Gasteiger partial charge in [-0.25, -0.2) is 13.2 Å². The van der Waals surface area contributed by atoms with Gasteiger partial charge >= 0.3 is 5.97 Å². The number of esters is 1. The number of hydrogen-bond donors (Lipinski definition) is 0. The van der Waals surface area contributed by atoms with Gasteiger partial charge in [0.1, 0.15) is 0 Å². The van der Waals surface area contributed by atoms with Crippen LogP contribution >= 0.6 is 0 Å². The molecule has 0 bridgehead atoms. The Morgan fingerprint density at radius 2 is 1.80 bits per heavy atom. The predicted molar refractivity (Wildman–Crippen MR) is 86.5 cm³/mol. The van der Waals surface area contributed by atoms with Gasteiger partial charge in [-0.15, -0.1) is 0 Å². The molecule has 0 unspecified atom stereocenters. The summed E-state index contributed by atoms with van der Waals surface area (Å²) in [7, 11) is 0.152. The van der Waals surface area contributed by atoms with Gasteiger partial charge in [0.05, 0.1) is 30.1 Å². The second kappa shape index (κ2) is 9.12. The number of hydroxylamine groups is 1. The maximum atomic E-state index is 12.0. The molecular weight excluding hydrogens is 350 g/mol. The van der Waals surface area contributed by atoms with Gasteiger partial charge in [0.25, 0.3) is 15.9 Å². The number of carbonyl (C=O) groups excluding carboxylic acids is 2. The molecular formula is C15H19N3O6S. The average molecular weight is 369 g/mol. The van der Waals surface area contributed by atoms with Crippen LogP contribution in [0.4, 0.5) is 0 Å². The number of amides is 1. The lowest BCUT2D eigenvalue weighted by Gasteiger charge is -2.15. The second-order valence-corrected chi connectivity index (χ2v) is 6.86. The number of ether oxygens (including phenoxy) is 1. The van der Waals surface area contributed by atoms with Crippen LogP contribution in [0.3, 0.4) is 0 Å². The Balaban J connectivity index is 2.69. The van der Waals surface area contributed by atoms with Crippen molar-refractivity contribution in [2.45, 2.75) is 11.3 Å². The molecule has 0 saturated heterocycles.